The largest absolute Gasteiger partial charge is 0.264 e. The van der Waals surface area contributed by atoms with Gasteiger partial charge in [-0.1, -0.05) is 32.0 Å². The Bertz CT molecular complexity index is 923. The zero-order chi connectivity index (χ0) is 19.4. The lowest BCUT2D eigenvalue weighted by Gasteiger charge is -2.19. The van der Waals surface area contributed by atoms with Gasteiger partial charge in [0, 0.05) is 18.9 Å². The van der Waals surface area contributed by atoms with E-state index in [0.717, 1.165) is 5.56 Å². The van der Waals surface area contributed by atoms with E-state index >= 15 is 0 Å². The molecule has 0 spiro atoms. The third-order valence-corrected chi connectivity index (χ3v) is 7.66. The molecule has 0 amide bonds. The molecular formula is C18H24N2O4S2. The molecule has 2 rings (SSSR count). The average Bonchev–Trinajstić information content (AvgIpc) is 2.62. The molecule has 1 N–H and O–H groups in total. The van der Waals surface area contributed by atoms with Crippen LogP contribution in [0.1, 0.15) is 43.1 Å². The number of pyridine rings is 1. The van der Waals surface area contributed by atoms with Crippen LogP contribution in [0.5, 0.6) is 0 Å². The van der Waals surface area contributed by atoms with Crippen molar-refractivity contribution in [2.24, 2.45) is 0 Å². The number of nitrogens with one attached hydrogen (secondary N) is 1. The summed E-state index contributed by atoms with van der Waals surface area (Å²) in [5, 5.41) is -1.05. The summed E-state index contributed by atoms with van der Waals surface area (Å²) in [5.74, 6) is 0.174. The number of benzene rings is 1. The zero-order valence-corrected chi connectivity index (χ0v) is 16.7. The fourth-order valence-electron chi connectivity index (χ4n) is 2.48. The summed E-state index contributed by atoms with van der Waals surface area (Å²) in [7, 11) is -7.31. The SMILES string of the molecule is CCS(=O)(=O)NC[C@@H](c1cccnc1)S(=O)(=O)c1ccc(C(C)C)cc1. The van der Waals surface area contributed by atoms with Gasteiger partial charge in [-0.3, -0.25) is 4.98 Å². The topological polar surface area (TPSA) is 93.2 Å². The van der Waals surface area contributed by atoms with Crippen LogP contribution in [0.2, 0.25) is 0 Å². The van der Waals surface area contributed by atoms with Crippen molar-refractivity contribution >= 4 is 19.9 Å². The highest BCUT2D eigenvalue weighted by Gasteiger charge is 2.30. The van der Waals surface area contributed by atoms with Gasteiger partial charge in [-0.15, -0.1) is 0 Å². The van der Waals surface area contributed by atoms with E-state index in [4.69, 9.17) is 0 Å². The van der Waals surface area contributed by atoms with Crippen molar-refractivity contribution < 1.29 is 16.8 Å². The van der Waals surface area contributed by atoms with Gasteiger partial charge in [-0.2, -0.15) is 0 Å². The summed E-state index contributed by atoms with van der Waals surface area (Å²) >= 11 is 0. The summed E-state index contributed by atoms with van der Waals surface area (Å²) in [4.78, 5) is 4.13. The first kappa shape index (κ1) is 20.5. The van der Waals surface area contributed by atoms with Crippen molar-refractivity contribution in [3.8, 4) is 0 Å². The third-order valence-electron chi connectivity index (χ3n) is 4.17. The molecule has 0 aliphatic heterocycles. The van der Waals surface area contributed by atoms with Crippen molar-refractivity contribution in [2.45, 2.75) is 36.8 Å². The second kappa shape index (κ2) is 8.28. The fourth-order valence-corrected chi connectivity index (χ4v) is 4.86. The number of rotatable bonds is 8. The summed E-state index contributed by atoms with van der Waals surface area (Å²) in [6.45, 7) is 5.32. The van der Waals surface area contributed by atoms with Gasteiger partial charge in [0.25, 0.3) is 0 Å². The molecule has 6 nitrogen and oxygen atoms in total. The zero-order valence-electron chi connectivity index (χ0n) is 15.1. The molecule has 0 unspecified atom stereocenters. The van der Waals surface area contributed by atoms with Crippen molar-refractivity contribution in [2.75, 3.05) is 12.3 Å². The molecule has 0 fully saturated rings. The van der Waals surface area contributed by atoms with Crippen LogP contribution < -0.4 is 4.72 Å². The molecule has 0 saturated carbocycles. The molecule has 0 saturated heterocycles. The number of aromatic nitrogens is 1. The predicted molar refractivity (Wildman–Crippen MR) is 102 cm³/mol. The van der Waals surface area contributed by atoms with Crippen molar-refractivity contribution in [3.63, 3.8) is 0 Å². The van der Waals surface area contributed by atoms with Gasteiger partial charge in [0.15, 0.2) is 9.84 Å². The van der Waals surface area contributed by atoms with Crippen LogP contribution in [0.4, 0.5) is 0 Å². The predicted octanol–water partition coefficient (Wildman–Crippen LogP) is 2.66. The van der Waals surface area contributed by atoms with Gasteiger partial charge in [0.1, 0.15) is 5.25 Å². The highest BCUT2D eigenvalue weighted by Crippen LogP contribution is 2.29. The summed E-state index contributed by atoms with van der Waals surface area (Å²) < 4.78 is 52.3. The van der Waals surface area contributed by atoms with E-state index in [1.807, 2.05) is 13.8 Å². The maximum absolute atomic E-state index is 13.2. The lowest BCUT2D eigenvalue weighted by atomic mass is 10.0. The quantitative estimate of drug-likeness (QED) is 0.740. The van der Waals surface area contributed by atoms with Crippen LogP contribution in [-0.4, -0.2) is 34.1 Å². The molecule has 8 heteroatoms. The van der Waals surface area contributed by atoms with Gasteiger partial charge in [0.2, 0.25) is 10.0 Å². The van der Waals surface area contributed by atoms with E-state index < -0.39 is 25.1 Å². The number of hydrogen-bond donors (Lipinski definition) is 1. The molecule has 0 bridgehead atoms. The highest BCUT2D eigenvalue weighted by molar-refractivity contribution is 7.92. The van der Waals surface area contributed by atoms with Crippen LogP contribution in [-0.2, 0) is 19.9 Å². The first-order chi connectivity index (χ1) is 12.2. The minimum atomic E-state index is -3.79. The van der Waals surface area contributed by atoms with E-state index in [-0.39, 0.29) is 23.1 Å². The molecule has 2 aromatic rings. The second-order valence-corrected chi connectivity index (χ2v) is 10.5. The Morgan fingerprint density at radius 2 is 1.65 bits per heavy atom. The standard InChI is InChI=1S/C18H24N2O4S2/c1-4-25(21,22)20-13-18(16-6-5-11-19-12-16)26(23,24)17-9-7-15(8-10-17)14(2)3/h5-12,14,18,20H,4,13H2,1-3H3/t18-/m0/s1. The second-order valence-electron chi connectivity index (χ2n) is 6.30. The lowest BCUT2D eigenvalue weighted by Crippen LogP contribution is -2.33. The Hall–Kier alpha value is -1.77. The van der Waals surface area contributed by atoms with Gasteiger partial charge in [-0.25, -0.2) is 21.6 Å². The minimum absolute atomic E-state index is 0.115. The summed E-state index contributed by atoms with van der Waals surface area (Å²) in [6.07, 6.45) is 2.99. The first-order valence-electron chi connectivity index (χ1n) is 8.38. The van der Waals surface area contributed by atoms with Crippen LogP contribution in [0, 0.1) is 0 Å². The Kier molecular flexibility index (Phi) is 6.54. The van der Waals surface area contributed by atoms with Crippen LogP contribution in [0.3, 0.4) is 0 Å². The van der Waals surface area contributed by atoms with Gasteiger partial charge < -0.3 is 0 Å². The minimum Gasteiger partial charge on any atom is -0.264 e. The molecular weight excluding hydrogens is 372 g/mol. The van der Waals surface area contributed by atoms with Gasteiger partial charge >= 0.3 is 0 Å². The Morgan fingerprint density at radius 3 is 2.15 bits per heavy atom. The van der Waals surface area contributed by atoms with Crippen molar-refractivity contribution in [1.29, 1.82) is 0 Å². The molecule has 1 atom stereocenters. The molecule has 142 valence electrons. The van der Waals surface area contributed by atoms with E-state index in [9.17, 15) is 16.8 Å². The average molecular weight is 397 g/mol. The molecule has 26 heavy (non-hydrogen) atoms. The monoisotopic (exact) mass is 396 g/mol. The van der Waals surface area contributed by atoms with Gasteiger partial charge in [-0.05, 0) is 42.2 Å². The fraction of sp³-hybridized carbons (Fsp3) is 0.389. The van der Waals surface area contributed by atoms with Gasteiger partial charge in [0.05, 0.1) is 10.6 Å². The highest BCUT2D eigenvalue weighted by atomic mass is 32.2. The molecule has 1 heterocycles. The maximum Gasteiger partial charge on any atom is 0.211 e. The Morgan fingerprint density at radius 1 is 1.00 bits per heavy atom. The Labute approximate surface area is 155 Å². The van der Waals surface area contributed by atoms with E-state index in [0.29, 0.717) is 5.56 Å². The normalized spacial score (nSPS) is 13.7. The lowest BCUT2D eigenvalue weighted by molar-refractivity contribution is 0.569. The van der Waals surface area contributed by atoms with Crippen molar-refractivity contribution in [1.82, 2.24) is 9.71 Å². The number of sulfonamides is 1. The van der Waals surface area contributed by atoms with E-state index in [1.54, 1.807) is 42.6 Å². The number of nitrogens with zero attached hydrogens (tertiary/aromatic N) is 1. The van der Waals surface area contributed by atoms with Crippen LogP contribution in [0.15, 0.2) is 53.7 Å². The van der Waals surface area contributed by atoms with Crippen LogP contribution >= 0.6 is 0 Å². The van der Waals surface area contributed by atoms with Crippen LogP contribution in [0.25, 0.3) is 0 Å². The van der Waals surface area contributed by atoms with E-state index in [1.165, 1.54) is 13.1 Å². The Balaban J connectivity index is 2.42. The molecule has 0 aliphatic rings. The summed E-state index contributed by atoms with van der Waals surface area (Å²) in [5.41, 5.74) is 1.48. The first-order valence-corrected chi connectivity index (χ1v) is 11.6. The summed E-state index contributed by atoms with van der Waals surface area (Å²) in [6, 6.07) is 9.98. The number of sulfone groups is 1. The number of hydrogen-bond acceptors (Lipinski definition) is 5. The molecule has 1 aromatic carbocycles. The third kappa shape index (κ3) is 4.90. The molecule has 0 radical (unpaired) electrons. The van der Waals surface area contributed by atoms with Crippen molar-refractivity contribution in [3.05, 3.63) is 59.9 Å². The smallest absolute Gasteiger partial charge is 0.211 e. The van der Waals surface area contributed by atoms with E-state index in [2.05, 4.69) is 9.71 Å². The maximum atomic E-state index is 13.2. The molecule has 0 aliphatic carbocycles. The molecule has 1 aromatic heterocycles.